The molecule has 0 radical (unpaired) electrons. The molecule has 0 aliphatic carbocycles. The van der Waals surface area contributed by atoms with Crippen LogP contribution in [0, 0.1) is 5.82 Å². The Morgan fingerprint density at radius 3 is 2.55 bits per heavy atom. The molecule has 0 atom stereocenters. The van der Waals surface area contributed by atoms with E-state index in [1.165, 1.54) is 47.2 Å². The molecule has 0 spiro atoms. The van der Waals surface area contributed by atoms with Crippen LogP contribution < -0.4 is 10.5 Å². The molecule has 2 N–H and O–H groups in total. The maximum absolute atomic E-state index is 14.3. The number of aromatic nitrogens is 2. The number of halogens is 4. The molecule has 2 aromatic carbocycles. The molecule has 4 aromatic rings. The summed E-state index contributed by atoms with van der Waals surface area (Å²) in [4.78, 5) is 27.5. The Bertz CT molecular complexity index is 1380. The zero-order valence-corrected chi connectivity index (χ0v) is 16.8. The molecule has 2 aromatic heterocycles. The summed E-state index contributed by atoms with van der Waals surface area (Å²) >= 11 is 0. The van der Waals surface area contributed by atoms with Gasteiger partial charge in [-0.2, -0.15) is 13.2 Å². The Morgan fingerprint density at radius 1 is 1.12 bits per heavy atom. The van der Waals surface area contributed by atoms with Crippen molar-refractivity contribution in [3.8, 4) is 17.0 Å². The fraction of sp³-hybridized carbons (Fsp3) is 0.0870. The molecule has 6 nitrogen and oxygen atoms in total. The van der Waals surface area contributed by atoms with Gasteiger partial charge >= 0.3 is 12.3 Å². The molecule has 168 valence electrons. The third-order valence-corrected chi connectivity index (χ3v) is 5.07. The van der Waals surface area contributed by atoms with E-state index in [0.717, 1.165) is 12.1 Å². The summed E-state index contributed by atoms with van der Waals surface area (Å²) in [6, 6.07) is 11.7. The van der Waals surface area contributed by atoms with Crippen molar-refractivity contribution in [3.05, 3.63) is 83.4 Å². The maximum atomic E-state index is 14.3. The lowest BCUT2D eigenvalue weighted by molar-refractivity contribution is -0.137. The average molecular weight is 457 g/mol. The smallest absolute Gasteiger partial charge is 0.391 e. The summed E-state index contributed by atoms with van der Waals surface area (Å²) in [7, 11) is 0. The van der Waals surface area contributed by atoms with Crippen LogP contribution in [0.15, 0.2) is 60.8 Å². The fourth-order valence-corrected chi connectivity index (χ4v) is 3.68. The quantitative estimate of drug-likeness (QED) is 0.331. The van der Waals surface area contributed by atoms with E-state index in [-0.39, 0.29) is 45.7 Å². The van der Waals surface area contributed by atoms with Crippen molar-refractivity contribution in [2.24, 2.45) is 5.73 Å². The van der Waals surface area contributed by atoms with Gasteiger partial charge in [0.05, 0.1) is 17.8 Å². The standard InChI is InChI=1S/C23H15F4N3O3/c24-17-6-2-1-4-13(17)11-30-18-8-7-14(23(25,26)27)10-16(18)20(19(30)12-31)15-5-3-9-29-21(15)33-22(28)32/h1-10,12H,11H2,(H2,28,32). The second kappa shape index (κ2) is 8.38. The van der Waals surface area contributed by atoms with Gasteiger partial charge in [-0.05, 0) is 36.4 Å². The number of rotatable bonds is 5. The molecule has 1 amide bonds. The van der Waals surface area contributed by atoms with Crippen LogP contribution in [0.3, 0.4) is 0 Å². The molecule has 4 rings (SSSR count). The van der Waals surface area contributed by atoms with Crippen molar-refractivity contribution in [1.29, 1.82) is 0 Å². The van der Waals surface area contributed by atoms with Gasteiger partial charge in [0.15, 0.2) is 6.29 Å². The highest BCUT2D eigenvalue weighted by atomic mass is 19.4. The zero-order valence-electron chi connectivity index (χ0n) is 16.8. The second-order valence-corrected chi connectivity index (χ2v) is 7.06. The summed E-state index contributed by atoms with van der Waals surface area (Å²) in [6.45, 7) is -0.130. The molecule has 0 bridgehead atoms. The first-order valence-corrected chi connectivity index (χ1v) is 9.55. The summed E-state index contributed by atoms with van der Waals surface area (Å²) in [6.07, 6.45) is -4.09. The monoisotopic (exact) mass is 457 g/mol. The summed E-state index contributed by atoms with van der Waals surface area (Å²) < 4.78 is 61.0. The van der Waals surface area contributed by atoms with Gasteiger partial charge in [-0.3, -0.25) is 4.79 Å². The van der Waals surface area contributed by atoms with Gasteiger partial charge in [0.2, 0.25) is 5.88 Å². The number of nitrogens with zero attached hydrogens (tertiary/aromatic N) is 2. The number of carbonyl (C=O) groups is 2. The average Bonchev–Trinajstić information content (AvgIpc) is 3.07. The van der Waals surface area contributed by atoms with Gasteiger partial charge in [0.1, 0.15) is 5.82 Å². The maximum Gasteiger partial charge on any atom is 0.416 e. The molecule has 33 heavy (non-hydrogen) atoms. The number of benzene rings is 2. The van der Waals surface area contributed by atoms with Crippen LogP contribution >= 0.6 is 0 Å². The topological polar surface area (TPSA) is 87.2 Å². The predicted molar refractivity (Wildman–Crippen MR) is 111 cm³/mol. The first-order chi connectivity index (χ1) is 15.7. The minimum absolute atomic E-state index is 0.0464. The Morgan fingerprint density at radius 2 is 1.88 bits per heavy atom. The third-order valence-electron chi connectivity index (χ3n) is 5.07. The normalized spacial score (nSPS) is 11.5. The van der Waals surface area contributed by atoms with E-state index in [2.05, 4.69) is 4.98 Å². The minimum Gasteiger partial charge on any atom is -0.391 e. The van der Waals surface area contributed by atoms with E-state index < -0.39 is 23.7 Å². The van der Waals surface area contributed by atoms with Gasteiger partial charge in [0, 0.05) is 33.8 Å². The Kier molecular flexibility index (Phi) is 5.59. The van der Waals surface area contributed by atoms with Gasteiger partial charge in [0.25, 0.3) is 0 Å². The number of carbonyl (C=O) groups excluding carboxylic acids is 2. The van der Waals surface area contributed by atoms with E-state index in [1.807, 2.05) is 0 Å². The van der Waals surface area contributed by atoms with Crippen molar-refractivity contribution in [3.63, 3.8) is 0 Å². The number of hydrogen-bond donors (Lipinski definition) is 1. The number of alkyl halides is 3. The van der Waals surface area contributed by atoms with E-state index in [4.69, 9.17) is 10.5 Å². The fourth-order valence-electron chi connectivity index (χ4n) is 3.68. The number of aldehydes is 1. The SMILES string of the molecule is NC(=O)Oc1ncccc1-c1c(C=O)n(Cc2ccccc2F)c2ccc(C(F)(F)F)cc12. The van der Waals surface area contributed by atoms with Crippen LogP contribution in [0.4, 0.5) is 22.4 Å². The largest absolute Gasteiger partial charge is 0.416 e. The van der Waals surface area contributed by atoms with Crippen LogP contribution in [0.5, 0.6) is 5.88 Å². The highest BCUT2D eigenvalue weighted by Crippen LogP contribution is 2.41. The third kappa shape index (κ3) is 4.14. The molecule has 0 saturated heterocycles. The summed E-state index contributed by atoms with van der Waals surface area (Å²) in [5.74, 6) is -0.820. The van der Waals surface area contributed by atoms with Crippen molar-refractivity contribution < 1.29 is 31.9 Å². The molecule has 0 aliphatic rings. The molecular weight excluding hydrogens is 442 g/mol. The minimum atomic E-state index is -4.65. The molecule has 0 unspecified atom stereocenters. The number of ether oxygens (including phenoxy) is 1. The Balaban J connectivity index is 2.06. The van der Waals surface area contributed by atoms with Crippen molar-refractivity contribution in [1.82, 2.24) is 9.55 Å². The Labute approximate surface area is 184 Å². The van der Waals surface area contributed by atoms with Crippen LogP contribution in [0.1, 0.15) is 21.6 Å². The predicted octanol–water partition coefficient (Wildman–Crippen LogP) is 5.18. The summed E-state index contributed by atoms with van der Waals surface area (Å²) in [5, 5.41) is 0.0468. The van der Waals surface area contributed by atoms with E-state index >= 15 is 0 Å². The lowest BCUT2D eigenvalue weighted by Gasteiger charge is -2.10. The summed E-state index contributed by atoms with van der Waals surface area (Å²) in [5.41, 5.74) is 4.70. The van der Waals surface area contributed by atoms with E-state index in [1.54, 1.807) is 6.07 Å². The van der Waals surface area contributed by atoms with E-state index in [0.29, 0.717) is 6.29 Å². The molecular formula is C23H15F4N3O3. The highest BCUT2D eigenvalue weighted by Gasteiger charge is 2.32. The molecule has 0 fully saturated rings. The van der Waals surface area contributed by atoms with Crippen LogP contribution in [0.25, 0.3) is 22.0 Å². The van der Waals surface area contributed by atoms with Crippen LogP contribution in [-0.2, 0) is 12.7 Å². The second-order valence-electron chi connectivity index (χ2n) is 7.06. The number of amides is 1. The van der Waals surface area contributed by atoms with E-state index in [9.17, 15) is 27.2 Å². The lowest BCUT2D eigenvalue weighted by atomic mass is 10.0. The van der Waals surface area contributed by atoms with Gasteiger partial charge in [-0.25, -0.2) is 14.2 Å². The Hall–Kier alpha value is -4.21. The van der Waals surface area contributed by atoms with Gasteiger partial charge < -0.3 is 15.0 Å². The molecule has 0 saturated carbocycles. The van der Waals surface area contributed by atoms with Crippen molar-refractivity contribution >= 4 is 23.3 Å². The number of nitrogens with two attached hydrogens (primary N) is 1. The number of pyridine rings is 1. The number of primary amides is 1. The van der Waals surface area contributed by atoms with Crippen molar-refractivity contribution in [2.75, 3.05) is 0 Å². The lowest BCUT2D eigenvalue weighted by Crippen LogP contribution is -2.17. The highest BCUT2D eigenvalue weighted by molar-refractivity contribution is 6.06. The number of hydrogen-bond acceptors (Lipinski definition) is 4. The van der Waals surface area contributed by atoms with Gasteiger partial charge in [-0.1, -0.05) is 18.2 Å². The van der Waals surface area contributed by atoms with Crippen molar-refractivity contribution in [2.45, 2.75) is 12.7 Å². The molecule has 2 heterocycles. The molecule has 10 heteroatoms. The first kappa shape index (κ1) is 22.0. The number of fused-ring (bicyclic) bond motifs is 1. The zero-order chi connectivity index (χ0) is 23.8. The van der Waals surface area contributed by atoms with Gasteiger partial charge in [-0.15, -0.1) is 0 Å². The van der Waals surface area contributed by atoms with Crippen LogP contribution in [-0.4, -0.2) is 21.9 Å². The first-order valence-electron chi connectivity index (χ1n) is 9.55. The molecule has 0 aliphatic heterocycles. The van der Waals surface area contributed by atoms with Crippen LogP contribution in [0.2, 0.25) is 0 Å².